The van der Waals surface area contributed by atoms with E-state index in [0.29, 0.717) is 18.4 Å². The fourth-order valence-electron chi connectivity index (χ4n) is 3.77. The molecule has 0 aromatic heterocycles. The van der Waals surface area contributed by atoms with E-state index in [1.54, 1.807) is 6.07 Å². The highest BCUT2D eigenvalue weighted by molar-refractivity contribution is 5.42. The molecule has 0 bridgehead atoms. The van der Waals surface area contributed by atoms with Gasteiger partial charge in [-0.05, 0) is 24.0 Å². The first kappa shape index (κ1) is 17.4. The van der Waals surface area contributed by atoms with Gasteiger partial charge in [-0.25, -0.2) is 0 Å². The maximum atomic E-state index is 10.7. The molecule has 2 aromatic rings. The molecule has 0 amide bonds. The van der Waals surface area contributed by atoms with Gasteiger partial charge in [0.15, 0.2) is 0 Å². The maximum absolute atomic E-state index is 10.7. The minimum absolute atomic E-state index is 0.313. The number of piperazine rings is 1. The third-order valence-electron chi connectivity index (χ3n) is 5.46. The van der Waals surface area contributed by atoms with Gasteiger partial charge in [-0.15, -0.1) is 0 Å². The minimum Gasteiger partial charge on any atom is -0.507 e. The molecule has 1 atom stereocenters. The second kappa shape index (κ2) is 8.11. The molecule has 1 saturated heterocycles. The number of phenols is 1. The van der Waals surface area contributed by atoms with Crippen molar-refractivity contribution in [2.45, 2.75) is 31.9 Å². The molecule has 138 valence electrons. The van der Waals surface area contributed by atoms with Crippen LogP contribution in [0.25, 0.3) is 0 Å². The zero-order chi connectivity index (χ0) is 17.8. The molecule has 0 spiro atoms. The summed E-state index contributed by atoms with van der Waals surface area (Å²) < 4.78 is 5.86. The Morgan fingerprint density at radius 2 is 1.85 bits per heavy atom. The lowest BCUT2D eigenvalue weighted by atomic mass is 9.97. The first-order valence-corrected chi connectivity index (χ1v) is 9.74. The zero-order valence-electron chi connectivity index (χ0n) is 15.2. The van der Waals surface area contributed by atoms with Gasteiger partial charge >= 0.3 is 0 Å². The predicted molar refractivity (Wildman–Crippen MR) is 103 cm³/mol. The summed E-state index contributed by atoms with van der Waals surface area (Å²) >= 11 is 0. The molecule has 0 radical (unpaired) electrons. The molecule has 1 saturated carbocycles. The van der Waals surface area contributed by atoms with Crippen LogP contribution in [0.15, 0.2) is 48.5 Å². The number of benzene rings is 2. The summed E-state index contributed by atoms with van der Waals surface area (Å²) in [6.07, 6.45) is 3.82. The predicted octanol–water partition coefficient (Wildman–Crippen LogP) is 3.72. The van der Waals surface area contributed by atoms with E-state index in [2.05, 4.69) is 16.3 Å². The molecule has 1 heterocycles. The lowest BCUT2D eigenvalue weighted by Gasteiger charge is -2.35. The van der Waals surface area contributed by atoms with Gasteiger partial charge in [0.1, 0.15) is 18.1 Å². The molecular weight excluding hydrogens is 324 g/mol. The van der Waals surface area contributed by atoms with Gasteiger partial charge in [-0.1, -0.05) is 49.2 Å². The van der Waals surface area contributed by atoms with E-state index in [0.717, 1.165) is 55.4 Å². The van der Waals surface area contributed by atoms with Crippen LogP contribution in [0.4, 0.5) is 0 Å². The van der Waals surface area contributed by atoms with Crippen LogP contribution in [0, 0.1) is 5.92 Å². The van der Waals surface area contributed by atoms with Crippen LogP contribution in [0.1, 0.15) is 36.4 Å². The van der Waals surface area contributed by atoms with Crippen molar-refractivity contribution in [1.82, 2.24) is 10.2 Å². The second-order valence-corrected chi connectivity index (χ2v) is 7.48. The van der Waals surface area contributed by atoms with Crippen LogP contribution in [0.3, 0.4) is 0 Å². The van der Waals surface area contributed by atoms with Gasteiger partial charge in [0.05, 0.1) is 0 Å². The summed E-state index contributed by atoms with van der Waals surface area (Å²) in [5.41, 5.74) is 2.18. The fraction of sp³-hybridized carbons (Fsp3) is 0.455. The second-order valence-electron chi connectivity index (χ2n) is 7.48. The number of ether oxygens (including phenoxy) is 1. The molecule has 2 fully saturated rings. The molecule has 0 unspecified atom stereocenters. The average Bonchev–Trinajstić information content (AvgIpc) is 3.51. The van der Waals surface area contributed by atoms with Gasteiger partial charge in [0.2, 0.25) is 0 Å². The van der Waals surface area contributed by atoms with Crippen molar-refractivity contribution in [2.24, 2.45) is 5.92 Å². The highest BCUT2D eigenvalue weighted by Gasteiger charge is 2.31. The molecule has 4 nitrogen and oxygen atoms in total. The van der Waals surface area contributed by atoms with Gasteiger partial charge in [-0.3, -0.25) is 4.90 Å². The number of aromatic hydroxyl groups is 1. The Morgan fingerprint density at radius 3 is 2.54 bits per heavy atom. The highest BCUT2D eigenvalue weighted by atomic mass is 16.5. The van der Waals surface area contributed by atoms with Crippen molar-refractivity contribution >= 4 is 0 Å². The van der Waals surface area contributed by atoms with Crippen molar-refractivity contribution in [3.05, 3.63) is 59.7 Å². The van der Waals surface area contributed by atoms with Crippen LogP contribution >= 0.6 is 0 Å². The first-order chi connectivity index (χ1) is 12.8. The van der Waals surface area contributed by atoms with Crippen LogP contribution in [-0.2, 0) is 6.61 Å². The molecule has 1 aliphatic carbocycles. The Bertz CT molecular complexity index is 709. The van der Waals surface area contributed by atoms with Crippen molar-refractivity contribution in [2.75, 3.05) is 26.2 Å². The lowest BCUT2D eigenvalue weighted by molar-refractivity contribution is 0.158. The molecule has 2 N–H and O–H groups in total. The molecule has 4 rings (SSSR count). The Labute approximate surface area is 155 Å². The highest BCUT2D eigenvalue weighted by Crippen LogP contribution is 2.42. The summed E-state index contributed by atoms with van der Waals surface area (Å²) in [7, 11) is 0. The summed E-state index contributed by atoms with van der Waals surface area (Å²) in [4.78, 5) is 2.52. The first-order valence-electron chi connectivity index (χ1n) is 9.74. The fourth-order valence-corrected chi connectivity index (χ4v) is 3.77. The van der Waals surface area contributed by atoms with Crippen LogP contribution in [0.5, 0.6) is 11.5 Å². The summed E-state index contributed by atoms with van der Waals surface area (Å²) in [5, 5.41) is 14.1. The van der Waals surface area contributed by atoms with Crippen LogP contribution < -0.4 is 10.1 Å². The maximum Gasteiger partial charge on any atom is 0.124 e. The smallest absolute Gasteiger partial charge is 0.124 e. The number of nitrogens with one attached hydrogen (secondary N) is 1. The molecule has 2 aliphatic rings. The average molecular weight is 352 g/mol. The standard InChI is InChI=1S/C22H28N2O2/c25-22-15-19(26-16-18-4-2-1-3-5-18)8-9-20(22)21(14-17-6-7-17)24-12-10-23-11-13-24/h1-5,8-9,15,17,21,23,25H,6-7,10-14,16H2/t21-/m0/s1. The Kier molecular flexibility index (Phi) is 5.42. The Hall–Kier alpha value is -2.04. The van der Waals surface area contributed by atoms with Crippen molar-refractivity contribution in [3.63, 3.8) is 0 Å². The van der Waals surface area contributed by atoms with Crippen LogP contribution in [0.2, 0.25) is 0 Å². The molecular formula is C22H28N2O2. The van der Waals surface area contributed by atoms with Gasteiger partial charge in [0, 0.05) is 43.9 Å². The number of phenolic OH excluding ortho intramolecular Hbond substituents is 1. The van der Waals surface area contributed by atoms with E-state index < -0.39 is 0 Å². The number of nitrogens with zero attached hydrogens (tertiary/aromatic N) is 1. The van der Waals surface area contributed by atoms with Gasteiger partial charge in [-0.2, -0.15) is 0 Å². The van der Waals surface area contributed by atoms with E-state index in [-0.39, 0.29) is 0 Å². The number of rotatable bonds is 7. The molecule has 1 aliphatic heterocycles. The van der Waals surface area contributed by atoms with Crippen LogP contribution in [-0.4, -0.2) is 36.2 Å². The quantitative estimate of drug-likeness (QED) is 0.797. The van der Waals surface area contributed by atoms with E-state index in [1.807, 2.05) is 36.4 Å². The third kappa shape index (κ3) is 4.37. The SMILES string of the molecule is Oc1cc(OCc2ccccc2)ccc1[C@H](CC1CC1)N1CCNCC1. The lowest BCUT2D eigenvalue weighted by Crippen LogP contribution is -2.45. The van der Waals surface area contributed by atoms with Gasteiger partial charge in [0.25, 0.3) is 0 Å². The zero-order valence-corrected chi connectivity index (χ0v) is 15.2. The van der Waals surface area contributed by atoms with Crippen molar-refractivity contribution in [3.8, 4) is 11.5 Å². The number of hydrogen-bond donors (Lipinski definition) is 2. The topological polar surface area (TPSA) is 44.7 Å². The van der Waals surface area contributed by atoms with E-state index >= 15 is 0 Å². The molecule has 2 aromatic carbocycles. The number of hydrogen-bond acceptors (Lipinski definition) is 4. The Morgan fingerprint density at radius 1 is 1.08 bits per heavy atom. The van der Waals surface area contributed by atoms with E-state index in [4.69, 9.17) is 4.74 Å². The van der Waals surface area contributed by atoms with Crippen molar-refractivity contribution in [1.29, 1.82) is 0 Å². The van der Waals surface area contributed by atoms with E-state index in [9.17, 15) is 5.11 Å². The summed E-state index contributed by atoms with van der Waals surface area (Å²) in [5.74, 6) is 1.91. The normalized spacial score (nSPS) is 19.2. The molecule has 4 heteroatoms. The minimum atomic E-state index is 0.313. The third-order valence-corrected chi connectivity index (χ3v) is 5.46. The van der Waals surface area contributed by atoms with E-state index in [1.165, 1.54) is 12.8 Å². The van der Waals surface area contributed by atoms with Gasteiger partial charge < -0.3 is 15.2 Å². The largest absolute Gasteiger partial charge is 0.507 e. The Balaban J connectivity index is 1.47. The summed E-state index contributed by atoms with van der Waals surface area (Å²) in [6, 6.07) is 16.3. The van der Waals surface area contributed by atoms with Crippen molar-refractivity contribution < 1.29 is 9.84 Å². The molecule has 26 heavy (non-hydrogen) atoms. The summed E-state index contributed by atoms with van der Waals surface area (Å²) in [6.45, 7) is 4.66. The monoisotopic (exact) mass is 352 g/mol.